The third kappa shape index (κ3) is 5.07. The molecule has 0 aliphatic rings. The summed E-state index contributed by atoms with van der Waals surface area (Å²) in [4.78, 5) is 26.1. The minimum atomic E-state index is -4.85. The first-order chi connectivity index (χ1) is 11.8. The molecule has 6 nitrogen and oxygen atoms in total. The highest BCUT2D eigenvalue weighted by Crippen LogP contribution is 2.20. The summed E-state index contributed by atoms with van der Waals surface area (Å²) in [5.41, 5.74) is 1.87. The number of carbonyl (C=O) groups excluding carboxylic acids is 2. The Morgan fingerprint density at radius 2 is 2.00 bits per heavy atom. The van der Waals surface area contributed by atoms with Crippen molar-refractivity contribution in [2.45, 2.75) is 25.9 Å². The first kappa shape index (κ1) is 18.5. The topological polar surface area (TPSA) is 83.5 Å². The first-order valence-corrected chi connectivity index (χ1v) is 7.44. The number of hydrogen-bond donors (Lipinski definition) is 2. The van der Waals surface area contributed by atoms with Crippen LogP contribution >= 0.6 is 0 Å². The van der Waals surface area contributed by atoms with Gasteiger partial charge in [0.2, 0.25) is 5.91 Å². The molecule has 1 amide bonds. The van der Waals surface area contributed by atoms with Crippen LogP contribution in [-0.2, 0) is 20.7 Å². The maximum absolute atomic E-state index is 12.9. The molecule has 1 aromatic carbocycles. The molecule has 2 N–H and O–H groups in total. The van der Waals surface area contributed by atoms with E-state index in [9.17, 15) is 22.8 Å². The second-order valence-corrected chi connectivity index (χ2v) is 5.11. The third-order valence-electron chi connectivity index (χ3n) is 3.29. The number of rotatable bonds is 6. The number of amides is 1. The molecule has 0 aliphatic heterocycles. The molecule has 9 heteroatoms. The molecule has 0 atom stereocenters. The lowest BCUT2D eigenvalue weighted by molar-refractivity contribution is -0.142. The van der Waals surface area contributed by atoms with Gasteiger partial charge in [0.15, 0.2) is 5.71 Å². The number of hydrazone groups is 1. The predicted molar refractivity (Wildman–Crippen MR) is 84.9 cm³/mol. The molecule has 0 spiro atoms. The smallest absolute Gasteiger partial charge is 0.431 e. The maximum atomic E-state index is 12.9. The lowest BCUT2D eigenvalue weighted by atomic mass is 10.1. The molecule has 0 saturated carbocycles. The number of ether oxygens (including phenoxy) is 1. The number of fused-ring (bicyclic) bond motifs is 1. The molecule has 25 heavy (non-hydrogen) atoms. The third-order valence-corrected chi connectivity index (χ3v) is 3.29. The van der Waals surface area contributed by atoms with Gasteiger partial charge in [-0.3, -0.25) is 9.59 Å². The number of aromatic amines is 1. The summed E-state index contributed by atoms with van der Waals surface area (Å²) in [6, 6.07) is 7.21. The van der Waals surface area contributed by atoms with Crippen LogP contribution < -0.4 is 5.43 Å². The summed E-state index contributed by atoms with van der Waals surface area (Å²) in [6.45, 7) is 1.43. The Morgan fingerprint density at radius 1 is 1.28 bits per heavy atom. The summed E-state index contributed by atoms with van der Waals surface area (Å²) >= 11 is 0. The minimum absolute atomic E-state index is 0.0447. The number of para-hydroxylation sites is 1. The number of H-pyrrole nitrogens is 1. The van der Waals surface area contributed by atoms with E-state index in [1.54, 1.807) is 18.3 Å². The molecule has 0 unspecified atom stereocenters. The van der Waals surface area contributed by atoms with Gasteiger partial charge in [-0.1, -0.05) is 18.2 Å². The summed E-state index contributed by atoms with van der Waals surface area (Å²) < 4.78 is 43.1. The summed E-state index contributed by atoms with van der Waals surface area (Å²) in [5, 5.41) is 3.85. The van der Waals surface area contributed by atoms with Crippen LogP contribution in [0.3, 0.4) is 0 Å². The highest BCUT2D eigenvalue weighted by atomic mass is 19.4. The van der Waals surface area contributed by atoms with Gasteiger partial charge in [0, 0.05) is 17.1 Å². The average molecular weight is 355 g/mol. The molecule has 0 aliphatic carbocycles. The number of hydrogen-bond acceptors (Lipinski definition) is 4. The number of nitrogens with one attached hydrogen (secondary N) is 2. The maximum Gasteiger partial charge on any atom is 0.431 e. The van der Waals surface area contributed by atoms with Gasteiger partial charge >= 0.3 is 12.1 Å². The molecule has 0 fully saturated rings. The highest BCUT2D eigenvalue weighted by molar-refractivity contribution is 6.02. The van der Waals surface area contributed by atoms with E-state index in [1.165, 1.54) is 6.92 Å². The minimum Gasteiger partial charge on any atom is -0.466 e. The van der Waals surface area contributed by atoms with Gasteiger partial charge in [0.25, 0.3) is 0 Å². The molecule has 2 rings (SSSR count). The standard InChI is InChI=1S/C16H16F3N3O3/c1-2-25-15(24)8-13(16(17,18)19)21-22-14(23)7-10-9-20-12-6-4-3-5-11(10)12/h3-6,9,20H,2,7-8H2,1H3,(H,22,23). The summed E-state index contributed by atoms with van der Waals surface area (Å²) in [5.74, 6) is -1.79. The molecular formula is C16H16F3N3O3. The van der Waals surface area contributed by atoms with Gasteiger partial charge < -0.3 is 9.72 Å². The van der Waals surface area contributed by atoms with Crippen molar-refractivity contribution in [3.05, 3.63) is 36.0 Å². The Balaban J connectivity index is 2.06. The van der Waals surface area contributed by atoms with E-state index in [4.69, 9.17) is 0 Å². The molecular weight excluding hydrogens is 339 g/mol. The lowest BCUT2D eigenvalue weighted by Crippen LogP contribution is -2.31. The van der Waals surface area contributed by atoms with Gasteiger partial charge in [-0.2, -0.15) is 18.3 Å². The van der Waals surface area contributed by atoms with Crippen molar-refractivity contribution in [3.63, 3.8) is 0 Å². The van der Waals surface area contributed by atoms with Crippen LogP contribution in [-0.4, -0.2) is 35.4 Å². The molecule has 1 aromatic heterocycles. The second-order valence-electron chi connectivity index (χ2n) is 5.11. The van der Waals surface area contributed by atoms with Crippen LogP contribution in [0.2, 0.25) is 0 Å². The van der Waals surface area contributed by atoms with Crippen molar-refractivity contribution in [1.29, 1.82) is 0 Å². The van der Waals surface area contributed by atoms with Crippen LogP contribution in [0.25, 0.3) is 10.9 Å². The number of esters is 1. The monoisotopic (exact) mass is 355 g/mol. The Bertz CT molecular complexity index is 797. The van der Waals surface area contributed by atoms with Crippen LogP contribution in [0, 0.1) is 0 Å². The van der Waals surface area contributed by atoms with Crippen molar-refractivity contribution < 1.29 is 27.5 Å². The second kappa shape index (κ2) is 7.82. The Hall–Kier alpha value is -2.84. The van der Waals surface area contributed by atoms with Crippen molar-refractivity contribution in [2.24, 2.45) is 5.10 Å². The number of carbonyl (C=O) groups is 2. The van der Waals surface area contributed by atoms with Crippen molar-refractivity contribution in [3.8, 4) is 0 Å². The first-order valence-electron chi connectivity index (χ1n) is 7.44. The largest absolute Gasteiger partial charge is 0.466 e. The van der Waals surface area contributed by atoms with E-state index in [-0.39, 0.29) is 13.0 Å². The van der Waals surface area contributed by atoms with E-state index >= 15 is 0 Å². The van der Waals surface area contributed by atoms with Crippen LogP contribution in [0.1, 0.15) is 18.9 Å². The predicted octanol–water partition coefficient (Wildman–Crippen LogP) is 2.70. The van der Waals surface area contributed by atoms with E-state index < -0.39 is 30.2 Å². The fourth-order valence-corrected chi connectivity index (χ4v) is 2.17. The highest BCUT2D eigenvalue weighted by Gasteiger charge is 2.37. The zero-order chi connectivity index (χ0) is 18.4. The fourth-order valence-electron chi connectivity index (χ4n) is 2.17. The SMILES string of the molecule is CCOC(=O)CC(=NNC(=O)Cc1c[nH]c2ccccc12)C(F)(F)F. The van der Waals surface area contributed by atoms with Crippen molar-refractivity contribution in [2.75, 3.05) is 6.61 Å². The summed E-state index contributed by atoms with van der Waals surface area (Å²) in [7, 11) is 0. The number of benzene rings is 1. The van der Waals surface area contributed by atoms with Gasteiger partial charge in [-0.25, -0.2) is 5.43 Å². The molecule has 134 valence electrons. The van der Waals surface area contributed by atoms with Gasteiger partial charge in [-0.05, 0) is 18.6 Å². The Labute approximate surface area is 141 Å². The fraction of sp³-hybridized carbons (Fsp3) is 0.312. The zero-order valence-corrected chi connectivity index (χ0v) is 13.3. The number of nitrogens with zero attached hydrogens (tertiary/aromatic N) is 1. The lowest BCUT2D eigenvalue weighted by Gasteiger charge is -2.10. The average Bonchev–Trinajstić information content (AvgIpc) is 2.94. The van der Waals surface area contributed by atoms with Gasteiger partial charge in [-0.15, -0.1) is 0 Å². The van der Waals surface area contributed by atoms with E-state index in [0.29, 0.717) is 5.56 Å². The van der Waals surface area contributed by atoms with E-state index in [0.717, 1.165) is 10.9 Å². The van der Waals surface area contributed by atoms with E-state index in [2.05, 4.69) is 14.8 Å². The summed E-state index contributed by atoms with van der Waals surface area (Å²) in [6.07, 6.45) is -4.46. The molecule has 0 bridgehead atoms. The zero-order valence-electron chi connectivity index (χ0n) is 13.3. The molecule has 2 aromatic rings. The number of halogens is 3. The Morgan fingerprint density at radius 3 is 2.68 bits per heavy atom. The van der Waals surface area contributed by atoms with Crippen molar-refractivity contribution in [1.82, 2.24) is 10.4 Å². The quantitative estimate of drug-likeness (QED) is 0.475. The van der Waals surface area contributed by atoms with Crippen LogP contribution in [0.4, 0.5) is 13.2 Å². The van der Waals surface area contributed by atoms with Gasteiger partial charge in [0.05, 0.1) is 19.4 Å². The Kier molecular flexibility index (Phi) is 5.79. The molecule has 0 radical (unpaired) electrons. The van der Waals surface area contributed by atoms with Crippen LogP contribution in [0.15, 0.2) is 35.6 Å². The van der Waals surface area contributed by atoms with E-state index in [1.807, 2.05) is 17.6 Å². The number of aromatic nitrogens is 1. The normalized spacial score (nSPS) is 12.2. The molecule has 0 saturated heterocycles. The van der Waals surface area contributed by atoms with Crippen molar-refractivity contribution >= 4 is 28.5 Å². The van der Waals surface area contributed by atoms with Crippen LogP contribution in [0.5, 0.6) is 0 Å². The van der Waals surface area contributed by atoms with Gasteiger partial charge in [0.1, 0.15) is 0 Å². The number of alkyl halides is 3. The molecule has 1 heterocycles.